The third-order valence-corrected chi connectivity index (χ3v) is 3.23. The van der Waals surface area contributed by atoms with Crippen LogP contribution in [-0.2, 0) is 4.79 Å². The number of aryl methyl sites for hydroxylation is 2. The number of hydrogen-bond donors (Lipinski definition) is 2. The van der Waals surface area contributed by atoms with Gasteiger partial charge in [0.1, 0.15) is 5.75 Å². The molecule has 0 fully saturated rings. The molecule has 110 valence electrons. The van der Waals surface area contributed by atoms with Gasteiger partial charge in [-0.1, -0.05) is 41.5 Å². The quantitative estimate of drug-likeness (QED) is 0.882. The first kappa shape index (κ1) is 14.9. The number of carbonyl (C=O) groups is 1. The Morgan fingerprint density at radius 2 is 1.76 bits per heavy atom. The fourth-order valence-corrected chi connectivity index (χ4v) is 2.38. The molecule has 0 saturated carbocycles. The standard InChI is InChI=1S/C17H19NO3/c1-11-8-12(2)10-13(9-11)16(17(19)20)18-14-6-4-5-7-15(14)21-3/h4-10,16,18H,1-3H3,(H,19,20). The number of methoxy groups -OCH3 is 1. The SMILES string of the molecule is COc1ccccc1NC(C(=O)O)c1cc(C)cc(C)c1. The molecule has 1 unspecified atom stereocenters. The van der Waals surface area contributed by atoms with Crippen LogP contribution in [0.3, 0.4) is 0 Å². The summed E-state index contributed by atoms with van der Waals surface area (Å²) in [5.74, 6) is -0.306. The van der Waals surface area contributed by atoms with Gasteiger partial charge < -0.3 is 15.2 Å². The van der Waals surface area contributed by atoms with Crippen molar-refractivity contribution in [3.05, 3.63) is 59.2 Å². The molecule has 21 heavy (non-hydrogen) atoms. The highest BCUT2D eigenvalue weighted by Gasteiger charge is 2.21. The highest BCUT2D eigenvalue weighted by Crippen LogP contribution is 2.28. The van der Waals surface area contributed by atoms with E-state index >= 15 is 0 Å². The van der Waals surface area contributed by atoms with Gasteiger partial charge in [0.15, 0.2) is 6.04 Å². The van der Waals surface area contributed by atoms with Crippen molar-refractivity contribution in [1.29, 1.82) is 0 Å². The first-order valence-corrected chi connectivity index (χ1v) is 6.72. The zero-order valence-corrected chi connectivity index (χ0v) is 12.4. The predicted octanol–water partition coefficient (Wildman–Crippen LogP) is 3.55. The molecular formula is C17H19NO3. The Hall–Kier alpha value is -2.49. The molecule has 0 amide bonds. The van der Waals surface area contributed by atoms with Crippen molar-refractivity contribution in [2.45, 2.75) is 19.9 Å². The summed E-state index contributed by atoms with van der Waals surface area (Å²) in [7, 11) is 1.56. The highest BCUT2D eigenvalue weighted by molar-refractivity contribution is 5.80. The van der Waals surface area contributed by atoms with Gasteiger partial charge in [-0.2, -0.15) is 0 Å². The number of carboxylic acids is 1. The van der Waals surface area contributed by atoms with Crippen LogP contribution in [0.15, 0.2) is 42.5 Å². The van der Waals surface area contributed by atoms with Gasteiger partial charge in [0.2, 0.25) is 0 Å². The number of carboxylic acid groups (broad SMARTS) is 1. The van der Waals surface area contributed by atoms with Gasteiger partial charge in [-0.15, -0.1) is 0 Å². The Balaban J connectivity index is 2.38. The summed E-state index contributed by atoms with van der Waals surface area (Å²) in [5, 5.41) is 12.6. The first-order chi connectivity index (χ1) is 10.0. The lowest BCUT2D eigenvalue weighted by Crippen LogP contribution is -2.21. The van der Waals surface area contributed by atoms with E-state index in [4.69, 9.17) is 4.74 Å². The molecule has 0 aromatic heterocycles. The topological polar surface area (TPSA) is 58.6 Å². The molecule has 0 radical (unpaired) electrons. The van der Waals surface area contributed by atoms with Crippen molar-refractivity contribution >= 4 is 11.7 Å². The number of anilines is 1. The molecule has 0 spiro atoms. The molecule has 2 aromatic carbocycles. The Kier molecular flexibility index (Phi) is 4.48. The van der Waals surface area contributed by atoms with Crippen LogP contribution in [0.2, 0.25) is 0 Å². The van der Waals surface area contributed by atoms with E-state index in [1.54, 1.807) is 19.2 Å². The number of rotatable bonds is 5. The molecule has 0 saturated heterocycles. The number of nitrogens with one attached hydrogen (secondary N) is 1. The van der Waals surface area contributed by atoms with Crippen LogP contribution in [-0.4, -0.2) is 18.2 Å². The molecule has 0 bridgehead atoms. The summed E-state index contributed by atoms with van der Waals surface area (Å²) in [5.41, 5.74) is 3.47. The van der Waals surface area contributed by atoms with Crippen LogP contribution >= 0.6 is 0 Å². The second-order valence-electron chi connectivity index (χ2n) is 5.04. The summed E-state index contributed by atoms with van der Waals surface area (Å²) in [6.07, 6.45) is 0. The maximum absolute atomic E-state index is 11.6. The van der Waals surface area contributed by atoms with Gasteiger partial charge in [0.25, 0.3) is 0 Å². The second kappa shape index (κ2) is 6.31. The third-order valence-electron chi connectivity index (χ3n) is 3.23. The summed E-state index contributed by atoms with van der Waals surface area (Å²) in [6, 6.07) is 12.2. The fourth-order valence-electron chi connectivity index (χ4n) is 2.38. The van der Waals surface area contributed by atoms with Gasteiger partial charge in [0, 0.05) is 0 Å². The average molecular weight is 285 g/mol. The Labute approximate surface area is 124 Å². The lowest BCUT2D eigenvalue weighted by molar-refractivity contribution is -0.138. The minimum absolute atomic E-state index is 0.619. The Morgan fingerprint density at radius 3 is 2.33 bits per heavy atom. The number of hydrogen-bond acceptors (Lipinski definition) is 3. The van der Waals surface area contributed by atoms with Crippen LogP contribution in [0.1, 0.15) is 22.7 Å². The predicted molar refractivity (Wildman–Crippen MR) is 82.9 cm³/mol. The van der Waals surface area contributed by atoms with E-state index in [1.807, 2.05) is 44.2 Å². The molecule has 2 aromatic rings. The van der Waals surface area contributed by atoms with Crippen molar-refractivity contribution in [1.82, 2.24) is 0 Å². The van der Waals surface area contributed by atoms with Crippen LogP contribution in [0.4, 0.5) is 5.69 Å². The minimum atomic E-state index is -0.925. The molecule has 4 heteroatoms. The molecule has 4 nitrogen and oxygen atoms in total. The van der Waals surface area contributed by atoms with E-state index < -0.39 is 12.0 Å². The van der Waals surface area contributed by atoms with Gasteiger partial charge in [-0.25, -0.2) is 4.79 Å². The summed E-state index contributed by atoms with van der Waals surface area (Å²) >= 11 is 0. The van der Waals surface area contributed by atoms with Crippen LogP contribution in [0.5, 0.6) is 5.75 Å². The largest absolute Gasteiger partial charge is 0.495 e. The molecule has 0 heterocycles. The van der Waals surface area contributed by atoms with Crippen molar-refractivity contribution in [3.8, 4) is 5.75 Å². The third kappa shape index (κ3) is 3.54. The normalized spacial score (nSPS) is 11.8. The van der Waals surface area contributed by atoms with Crippen molar-refractivity contribution in [2.24, 2.45) is 0 Å². The number of para-hydroxylation sites is 2. The molecule has 1 atom stereocenters. The lowest BCUT2D eigenvalue weighted by Gasteiger charge is -2.19. The lowest BCUT2D eigenvalue weighted by atomic mass is 10.0. The van der Waals surface area contributed by atoms with Crippen LogP contribution in [0.25, 0.3) is 0 Å². The van der Waals surface area contributed by atoms with Gasteiger partial charge in [-0.3, -0.25) is 0 Å². The highest BCUT2D eigenvalue weighted by atomic mass is 16.5. The van der Waals surface area contributed by atoms with E-state index in [1.165, 1.54) is 0 Å². The summed E-state index contributed by atoms with van der Waals surface area (Å²) in [6.45, 7) is 3.91. The zero-order valence-electron chi connectivity index (χ0n) is 12.4. The molecular weight excluding hydrogens is 266 g/mol. The summed E-state index contributed by atoms with van der Waals surface area (Å²) in [4.78, 5) is 11.6. The summed E-state index contributed by atoms with van der Waals surface area (Å²) < 4.78 is 5.25. The Bertz CT molecular complexity index is 632. The van der Waals surface area contributed by atoms with Crippen molar-refractivity contribution in [2.75, 3.05) is 12.4 Å². The second-order valence-corrected chi connectivity index (χ2v) is 5.04. The Morgan fingerprint density at radius 1 is 1.14 bits per heavy atom. The number of benzene rings is 2. The average Bonchev–Trinajstić information content (AvgIpc) is 2.43. The van der Waals surface area contributed by atoms with Crippen LogP contribution in [0, 0.1) is 13.8 Å². The number of aliphatic carboxylic acids is 1. The van der Waals surface area contributed by atoms with E-state index in [0.29, 0.717) is 11.4 Å². The molecule has 0 aliphatic rings. The maximum Gasteiger partial charge on any atom is 0.330 e. The maximum atomic E-state index is 11.6. The van der Waals surface area contributed by atoms with E-state index in [9.17, 15) is 9.90 Å². The number of ether oxygens (including phenoxy) is 1. The molecule has 2 N–H and O–H groups in total. The smallest absolute Gasteiger partial charge is 0.330 e. The van der Waals surface area contributed by atoms with Crippen LogP contribution < -0.4 is 10.1 Å². The van der Waals surface area contributed by atoms with Gasteiger partial charge in [0.05, 0.1) is 12.8 Å². The van der Waals surface area contributed by atoms with E-state index in [2.05, 4.69) is 5.32 Å². The first-order valence-electron chi connectivity index (χ1n) is 6.72. The van der Waals surface area contributed by atoms with Gasteiger partial charge >= 0.3 is 5.97 Å². The molecule has 0 aliphatic heterocycles. The zero-order chi connectivity index (χ0) is 15.4. The molecule has 2 rings (SSSR count). The minimum Gasteiger partial charge on any atom is -0.495 e. The monoisotopic (exact) mass is 285 g/mol. The molecule has 0 aliphatic carbocycles. The van der Waals surface area contributed by atoms with E-state index in [-0.39, 0.29) is 0 Å². The van der Waals surface area contributed by atoms with Crippen molar-refractivity contribution in [3.63, 3.8) is 0 Å². The van der Waals surface area contributed by atoms with Gasteiger partial charge in [-0.05, 0) is 31.5 Å². The van der Waals surface area contributed by atoms with Crippen molar-refractivity contribution < 1.29 is 14.6 Å². The van der Waals surface area contributed by atoms with E-state index in [0.717, 1.165) is 16.7 Å². The fraction of sp³-hybridized carbons (Fsp3) is 0.235.